The lowest BCUT2D eigenvalue weighted by Gasteiger charge is -2.29. The first-order valence-corrected chi connectivity index (χ1v) is 8.85. The highest BCUT2D eigenvalue weighted by molar-refractivity contribution is 7.89. The fraction of sp³-hybridized carbons (Fsp3) is 0.571. The number of sulfonamides is 1. The Labute approximate surface area is 131 Å². The predicted octanol–water partition coefficient (Wildman–Crippen LogP) is 1.97. The molecule has 7 heteroatoms. The van der Waals surface area contributed by atoms with Crippen molar-refractivity contribution in [2.75, 3.05) is 13.2 Å². The molecule has 0 amide bonds. The molecule has 0 aliphatic heterocycles. The summed E-state index contributed by atoms with van der Waals surface area (Å²) in [5.41, 5.74) is 6.23. The highest BCUT2D eigenvalue weighted by Crippen LogP contribution is 2.25. The van der Waals surface area contributed by atoms with Crippen LogP contribution in [0.5, 0.6) is 0 Å². The van der Waals surface area contributed by atoms with E-state index in [0.29, 0.717) is 23.4 Å². The minimum Gasteiger partial charge on any atom is -0.395 e. The van der Waals surface area contributed by atoms with Crippen LogP contribution in [0.15, 0.2) is 23.1 Å². The summed E-state index contributed by atoms with van der Waals surface area (Å²) >= 11 is 6.05. The third-order valence-corrected chi connectivity index (χ3v) is 5.82. The van der Waals surface area contributed by atoms with Crippen molar-refractivity contribution < 1.29 is 13.5 Å². The van der Waals surface area contributed by atoms with Crippen LogP contribution in [-0.4, -0.2) is 37.0 Å². The number of hydrogen-bond acceptors (Lipinski definition) is 4. The molecule has 0 fully saturated rings. The maximum absolute atomic E-state index is 12.8. The lowest BCUT2D eigenvalue weighted by Crippen LogP contribution is -2.41. The van der Waals surface area contributed by atoms with Crippen LogP contribution in [0.25, 0.3) is 0 Å². The van der Waals surface area contributed by atoms with Crippen LogP contribution in [0.2, 0.25) is 5.02 Å². The Kier molecular flexibility index (Phi) is 7.09. The van der Waals surface area contributed by atoms with Gasteiger partial charge in [0, 0.05) is 24.2 Å². The maximum Gasteiger partial charge on any atom is 0.243 e. The number of halogens is 1. The SMILES string of the molecule is CCC(CC)N(CCO)S(=O)(=O)c1ccc(CN)c(Cl)c1. The number of nitrogens with zero attached hydrogens (tertiary/aromatic N) is 1. The summed E-state index contributed by atoms with van der Waals surface area (Å²) in [5, 5.41) is 9.51. The van der Waals surface area contributed by atoms with Crippen molar-refractivity contribution in [1.82, 2.24) is 4.31 Å². The number of nitrogens with two attached hydrogens (primary N) is 1. The highest BCUT2D eigenvalue weighted by Gasteiger charge is 2.29. The largest absolute Gasteiger partial charge is 0.395 e. The van der Waals surface area contributed by atoms with Crippen LogP contribution in [0, 0.1) is 0 Å². The van der Waals surface area contributed by atoms with Gasteiger partial charge in [-0.2, -0.15) is 4.31 Å². The summed E-state index contributed by atoms with van der Waals surface area (Å²) in [7, 11) is -3.69. The summed E-state index contributed by atoms with van der Waals surface area (Å²) < 4.78 is 26.9. The molecule has 5 nitrogen and oxygen atoms in total. The molecule has 0 aromatic heterocycles. The number of aliphatic hydroxyl groups is 1. The van der Waals surface area contributed by atoms with Gasteiger partial charge in [0.1, 0.15) is 0 Å². The summed E-state index contributed by atoms with van der Waals surface area (Å²) in [5.74, 6) is 0. The van der Waals surface area contributed by atoms with Gasteiger partial charge in [-0.05, 0) is 30.5 Å². The van der Waals surface area contributed by atoms with E-state index in [1.165, 1.54) is 16.4 Å². The molecule has 120 valence electrons. The fourth-order valence-electron chi connectivity index (χ4n) is 2.28. The van der Waals surface area contributed by atoms with E-state index < -0.39 is 10.0 Å². The second-order valence-corrected chi connectivity index (χ2v) is 7.06. The lowest BCUT2D eigenvalue weighted by atomic mass is 10.2. The van der Waals surface area contributed by atoms with Crippen molar-refractivity contribution in [2.45, 2.75) is 44.2 Å². The molecule has 0 atom stereocenters. The Morgan fingerprint density at radius 1 is 1.33 bits per heavy atom. The van der Waals surface area contributed by atoms with Crippen molar-refractivity contribution in [3.8, 4) is 0 Å². The zero-order valence-electron chi connectivity index (χ0n) is 12.4. The van der Waals surface area contributed by atoms with Crippen LogP contribution >= 0.6 is 11.6 Å². The van der Waals surface area contributed by atoms with Gasteiger partial charge >= 0.3 is 0 Å². The molecule has 1 aromatic carbocycles. The molecule has 0 aliphatic carbocycles. The topological polar surface area (TPSA) is 83.6 Å². The molecule has 3 N–H and O–H groups in total. The summed E-state index contributed by atoms with van der Waals surface area (Å²) in [4.78, 5) is 0.130. The molecule has 0 bridgehead atoms. The molecular formula is C14H23ClN2O3S. The average Bonchev–Trinajstić information content (AvgIpc) is 2.47. The third kappa shape index (κ3) is 4.17. The molecule has 0 radical (unpaired) electrons. The highest BCUT2D eigenvalue weighted by atomic mass is 35.5. The van der Waals surface area contributed by atoms with Gasteiger partial charge in [-0.1, -0.05) is 31.5 Å². The number of hydrogen-bond donors (Lipinski definition) is 2. The first kappa shape index (κ1) is 18.4. The van der Waals surface area contributed by atoms with Crippen molar-refractivity contribution >= 4 is 21.6 Å². The summed E-state index contributed by atoms with van der Waals surface area (Å²) in [6, 6.07) is 4.41. The second-order valence-electron chi connectivity index (χ2n) is 4.77. The molecule has 0 aliphatic rings. The van der Waals surface area contributed by atoms with E-state index in [-0.39, 0.29) is 30.6 Å². The van der Waals surface area contributed by atoms with E-state index in [2.05, 4.69) is 0 Å². The van der Waals surface area contributed by atoms with Crippen LogP contribution < -0.4 is 5.73 Å². The zero-order valence-corrected chi connectivity index (χ0v) is 14.0. The third-order valence-electron chi connectivity index (χ3n) is 3.52. The van der Waals surface area contributed by atoms with Crippen molar-refractivity contribution in [3.63, 3.8) is 0 Å². The van der Waals surface area contributed by atoms with Crippen LogP contribution in [0.1, 0.15) is 32.3 Å². The fourth-order valence-corrected chi connectivity index (χ4v) is 4.40. The van der Waals surface area contributed by atoms with Gasteiger partial charge in [-0.25, -0.2) is 8.42 Å². The predicted molar refractivity (Wildman–Crippen MR) is 84.7 cm³/mol. The van der Waals surface area contributed by atoms with Crippen LogP contribution in [0.4, 0.5) is 0 Å². The molecular weight excluding hydrogens is 312 g/mol. The van der Waals surface area contributed by atoms with Gasteiger partial charge in [0.15, 0.2) is 0 Å². The lowest BCUT2D eigenvalue weighted by molar-refractivity contribution is 0.219. The van der Waals surface area contributed by atoms with Gasteiger partial charge < -0.3 is 10.8 Å². The van der Waals surface area contributed by atoms with E-state index in [1.54, 1.807) is 6.07 Å². The molecule has 0 heterocycles. The normalized spacial score (nSPS) is 12.3. The van der Waals surface area contributed by atoms with Gasteiger partial charge in [-0.15, -0.1) is 0 Å². The van der Waals surface area contributed by atoms with Gasteiger partial charge in [0.25, 0.3) is 0 Å². The first-order valence-electron chi connectivity index (χ1n) is 7.03. The smallest absolute Gasteiger partial charge is 0.243 e. The summed E-state index contributed by atoms with van der Waals surface area (Å²) in [6.45, 7) is 3.97. The molecule has 0 spiro atoms. The quantitative estimate of drug-likeness (QED) is 0.761. The van der Waals surface area contributed by atoms with Gasteiger partial charge in [0.05, 0.1) is 11.5 Å². The Morgan fingerprint density at radius 3 is 2.38 bits per heavy atom. The molecule has 1 aromatic rings. The molecule has 1 rings (SSSR count). The number of rotatable bonds is 8. The monoisotopic (exact) mass is 334 g/mol. The van der Waals surface area contributed by atoms with E-state index in [9.17, 15) is 13.5 Å². The Morgan fingerprint density at radius 2 is 1.95 bits per heavy atom. The van der Waals surface area contributed by atoms with E-state index in [4.69, 9.17) is 17.3 Å². The molecule has 0 saturated heterocycles. The maximum atomic E-state index is 12.8. The van der Waals surface area contributed by atoms with Crippen molar-refractivity contribution in [3.05, 3.63) is 28.8 Å². The zero-order chi connectivity index (χ0) is 16.0. The summed E-state index contributed by atoms with van der Waals surface area (Å²) in [6.07, 6.45) is 1.37. The van der Waals surface area contributed by atoms with Crippen LogP contribution in [0.3, 0.4) is 0 Å². The van der Waals surface area contributed by atoms with E-state index in [1.807, 2.05) is 13.8 Å². The van der Waals surface area contributed by atoms with Gasteiger partial charge in [-0.3, -0.25) is 0 Å². The Bertz CT molecular complexity index is 559. The average molecular weight is 335 g/mol. The standard InChI is InChI=1S/C14H23ClN2O3S/c1-3-12(4-2)17(7-8-18)21(19,20)13-6-5-11(10-16)14(15)9-13/h5-6,9,12,18H,3-4,7-8,10,16H2,1-2H3. The first-order chi connectivity index (χ1) is 9.92. The Balaban J connectivity index is 3.25. The molecule has 21 heavy (non-hydrogen) atoms. The van der Waals surface area contributed by atoms with E-state index >= 15 is 0 Å². The van der Waals surface area contributed by atoms with Gasteiger partial charge in [0.2, 0.25) is 10.0 Å². The van der Waals surface area contributed by atoms with Crippen molar-refractivity contribution in [2.24, 2.45) is 5.73 Å². The second kappa shape index (κ2) is 8.10. The van der Waals surface area contributed by atoms with E-state index in [0.717, 1.165) is 0 Å². The molecule has 0 saturated carbocycles. The number of aliphatic hydroxyl groups excluding tert-OH is 1. The van der Waals surface area contributed by atoms with Crippen molar-refractivity contribution in [1.29, 1.82) is 0 Å². The molecule has 0 unspecified atom stereocenters. The van der Waals surface area contributed by atoms with Crippen LogP contribution in [-0.2, 0) is 16.6 Å². The minimum atomic E-state index is -3.69. The number of benzene rings is 1. The Hall–Kier alpha value is -0.660. The minimum absolute atomic E-state index is 0.0743.